The molecule has 132 valence electrons. The van der Waals surface area contributed by atoms with E-state index in [4.69, 9.17) is 0 Å². The predicted octanol–water partition coefficient (Wildman–Crippen LogP) is 3.38. The average molecular weight is 394 g/mol. The van der Waals surface area contributed by atoms with Gasteiger partial charge in [0.15, 0.2) is 5.16 Å². The lowest BCUT2D eigenvalue weighted by Crippen LogP contribution is -2.32. The van der Waals surface area contributed by atoms with Crippen LogP contribution in [0.25, 0.3) is 10.2 Å². The lowest BCUT2D eigenvalue weighted by molar-refractivity contribution is -0.119. The van der Waals surface area contributed by atoms with Crippen molar-refractivity contribution in [1.82, 2.24) is 14.9 Å². The Bertz CT molecular complexity index is 913. The second-order valence-electron chi connectivity index (χ2n) is 5.83. The number of aromatic nitrogens is 2. The van der Waals surface area contributed by atoms with Gasteiger partial charge in [-0.25, -0.2) is 4.98 Å². The fourth-order valence-corrected chi connectivity index (χ4v) is 4.71. The number of fused-ring (bicyclic) bond motifs is 1. The van der Waals surface area contributed by atoms with E-state index >= 15 is 0 Å². The lowest BCUT2D eigenvalue weighted by Gasteiger charge is -2.12. The smallest absolute Gasteiger partial charge is 0.272 e. The molecule has 8 heteroatoms. The van der Waals surface area contributed by atoms with Crippen LogP contribution in [0.5, 0.6) is 0 Å². The molecule has 0 unspecified atom stereocenters. The summed E-state index contributed by atoms with van der Waals surface area (Å²) in [4.78, 5) is 30.6. The number of rotatable bonds is 7. The SMILES string of the molecule is CC(C)NC(=O)CSc1nc2ccsc2c(=O)n1CCc1cccs1. The van der Waals surface area contributed by atoms with Crippen LogP contribution in [0.3, 0.4) is 0 Å². The standard InChI is InChI=1S/C17H19N3O2S3/c1-11(2)18-14(21)10-25-17-19-13-6-9-24-15(13)16(22)20(17)7-5-12-4-3-8-23-12/h3-4,6,8-9,11H,5,7,10H2,1-2H3,(H,18,21). The van der Waals surface area contributed by atoms with E-state index in [-0.39, 0.29) is 23.3 Å². The van der Waals surface area contributed by atoms with Crippen LogP contribution in [0.15, 0.2) is 38.9 Å². The first-order valence-corrected chi connectivity index (χ1v) is 10.7. The summed E-state index contributed by atoms with van der Waals surface area (Å²) < 4.78 is 2.37. The van der Waals surface area contributed by atoms with E-state index in [1.807, 2.05) is 36.7 Å². The fraction of sp³-hybridized carbons (Fsp3) is 0.353. The van der Waals surface area contributed by atoms with E-state index in [1.54, 1.807) is 15.9 Å². The van der Waals surface area contributed by atoms with Gasteiger partial charge in [0.25, 0.3) is 5.56 Å². The van der Waals surface area contributed by atoms with Crippen LogP contribution in [-0.4, -0.2) is 27.3 Å². The summed E-state index contributed by atoms with van der Waals surface area (Å²) in [5.74, 6) is 0.198. The number of thiophene rings is 2. The Morgan fingerprint density at radius 2 is 2.16 bits per heavy atom. The molecule has 1 amide bonds. The van der Waals surface area contributed by atoms with Crippen molar-refractivity contribution in [3.05, 3.63) is 44.2 Å². The largest absolute Gasteiger partial charge is 0.353 e. The van der Waals surface area contributed by atoms with E-state index in [0.29, 0.717) is 21.9 Å². The molecule has 5 nitrogen and oxygen atoms in total. The zero-order valence-electron chi connectivity index (χ0n) is 14.0. The third-order valence-electron chi connectivity index (χ3n) is 3.47. The molecule has 0 saturated heterocycles. The van der Waals surface area contributed by atoms with Crippen molar-refractivity contribution in [2.75, 3.05) is 5.75 Å². The highest BCUT2D eigenvalue weighted by molar-refractivity contribution is 7.99. The Labute approximate surface area is 158 Å². The van der Waals surface area contributed by atoms with Crippen molar-refractivity contribution < 1.29 is 4.79 Å². The van der Waals surface area contributed by atoms with Gasteiger partial charge in [0.05, 0.1) is 11.3 Å². The van der Waals surface area contributed by atoms with Crippen molar-refractivity contribution in [3.8, 4) is 0 Å². The molecule has 0 aromatic carbocycles. The molecule has 1 N–H and O–H groups in total. The summed E-state index contributed by atoms with van der Waals surface area (Å²) in [6, 6.07) is 6.02. The van der Waals surface area contributed by atoms with Crippen LogP contribution >= 0.6 is 34.4 Å². The summed E-state index contributed by atoms with van der Waals surface area (Å²) >= 11 is 4.41. The minimum atomic E-state index is -0.0514. The molecule has 0 spiro atoms. The van der Waals surface area contributed by atoms with Gasteiger partial charge in [-0.15, -0.1) is 22.7 Å². The van der Waals surface area contributed by atoms with Crippen LogP contribution in [0.4, 0.5) is 0 Å². The molecule has 3 aromatic heterocycles. The molecule has 0 bridgehead atoms. The first kappa shape index (κ1) is 18.2. The molecule has 0 fully saturated rings. The van der Waals surface area contributed by atoms with Gasteiger partial charge in [0, 0.05) is 17.5 Å². The molecule has 0 aliphatic heterocycles. The Morgan fingerprint density at radius 3 is 2.88 bits per heavy atom. The van der Waals surface area contributed by atoms with Gasteiger partial charge in [-0.1, -0.05) is 17.8 Å². The second-order valence-corrected chi connectivity index (χ2v) is 8.72. The topological polar surface area (TPSA) is 64.0 Å². The maximum atomic E-state index is 12.8. The maximum absolute atomic E-state index is 12.8. The molecule has 0 aliphatic carbocycles. The van der Waals surface area contributed by atoms with Crippen molar-refractivity contribution in [1.29, 1.82) is 0 Å². The second kappa shape index (κ2) is 8.16. The van der Waals surface area contributed by atoms with Crippen molar-refractivity contribution in [2.45, 2.75) is 38.0 Å². The van der Waals surface area contributed by atoms with Crippen LogP contribution in [0.2, 0.25) is 0 Å². The van der Waals surface area contributed by atoms with E-state index in [1.165, 1.54) is 28.0 Å². The predicted molar refractivity (Wildman–Crippen MR) is 106 cm³/mol. The van der Waals surface area contributed by atoms with E-state index in [9.17, 15) is 9.59 Å². The molecule has 0 radical (unpaired) electrons. The van der Waals surface area contributed by atoms with Crippen molar-refractivity contribution >= 4 is 50.6 Å². The van der Waals surface area contributed by atoms with Gasteiger partial charge in [-0.05, 0) is 43.2 Å². The molecule has 3 rings (SSSR count). The Hall–Kier alpha value is -1.64. The summed E-state index contributed by atoms with van der Waals surface area (Å²) in [6.45, 7) is 4.42. The molecule has 0 saturated carbocycles. The Morgan fingerprint density at radius 1 is 1.32 bits per heavy atom. The van der Waals surface area contributed by atoms with Gasteiger partial charge in [-0.2, -0.15) is 0 Å². The third-order valence-corrected chi connectivity index (χ3v) is 6.28. The van der Waals surface area contributed by atoms with Crippen LogP contribution in [0.1, 0.15) is 18.7 Å². The highest BCUT2D eigenvalue weighted by Crippen LogP contribution is 2.21. The molecule has 3 aromatic rings. The van der Waals surface area contributed by atoms with Crippen LogP contribution in [0, 0.1) is 0 Å². The number of carbonyl (C=O) groups excluding carboxylic acids is 1. The number of hydrogen-bond donors (Lipinski definition) is 1. The molecule has 3 heterocycles. The summed E-state index contributed by atoms with van der Waals surface area (Å²) in [5, 5.41) is 7.38. The number of nitrogens with zero attached hydrogens (tertiary/aromatic N) is 2. The minimum absolute atomic E-state index is 0.0247. The highest BCUT2D eigenvalue weighted by Gasteiger charge is 2.14. The van der Waals surface area contributed by atoms with Gasteiger partial charge in [0.1, 0.15) is 4.70 Å². The normalized spacial score (nSPS) is 11.3. The maximum Gasteiger partial charge on any atom is 0.272 e. The average Bonchev–Trinajstić information content (AvgIpc) is 3.22. The monoisotopic (exact) mass is 393 g/mol. The first-order chi connectivity index (χ1) is 12.0. The van der Waals surface area contributed by atoms with Crippen molar-refractivity contribution in [3.63, 3.8) is 0 Å². The number of amides is 1. The minimum Gasteiger partial charge on any atom is -0.353 e. The van der Waals surface area contributed by atoms with E-state index in [0.717, 1.165) is 6.42 Å². The Balaban J connectivity index is 1.85. The van der Waals surface area contributed by atoms with Gasteiger partial charge in [-0.3, -0.25) is 14.2 Å². The van der Waals surface area contributed by atoms with Crippen LogP contribution in [-0.2, 0) is 17.8 Å². The molecular weight excluding hydrogens is 374 g/mol. The highest BCUT2D eigenvalue weighted by atomic mass is 32.2. The quantitative estimate of drug-likeness (QED) is 0.494. The number of nitrogens with one attached hydrogen (secondary N) is 1. The summed E-state index contributed by atoms with van der Waals surface area (Å²) in [7, 11) is 0. The van der Waals surface area contributed by atoms with Gasteiger partial charge >= 0.3 is 0 Å². The van der Waals surface area contributed by atoms with Gasteiger partial charge in [0.2, 0.25) is 5.91 Å². The number of thioether (sulfide) groups is 1. The zero-order chi connectivity index (χ0) is 17.8. The fourth-order valence-electron chi connectivity index (χ4n) is 2.40. The number of carbonyl (C=O) groups is 1. The van der Waals surface area contributed by atoms with Crippen LogP contribution < -0.4 is 10.9 Å². The first-order valence-electron chi connectivity index (χ1n) is 7.97. The molecule has 25 heavy (non-hydrogen) atoms. The number of aryl methyl sites for hydroxylation is 1. The van der Waals surface area contributed by atoms with E-state index in [2.05, 4.69) is 16.4 Å². The third kappa shape index (κ3) is 4.50. The van der Waals surface area contributed by atoms with E-state index < -0.39 is 0 Å². The molecular formula is C17H19N3O2S3. The molecule has 0 aliphatic rings. The van der Waals surface area contributed by atoms with Crippen molar-refractivity contribution in [2.24, 2.45) is 0 Å². The summed E-state index contributed by atoms with van der Waals surface area (Å²) in [5.41, 5.74) is 0.678. The molecule has 0 atom stereocenters. The lowest BCUT2D eigenvalue weighted by atomic mass is 10.3. The number of hydrogen-bond acceptors (Lipinski definition) is 6. The van der Waals surface area contributed by atoms with Gasteiger partial charge < -0.3 is 5.32 Å². The Kier molecular flexibility index (Phi) is 5.93. The summed E-state index contributed by atoms with van der Waals surface area (Å²) in [6.07, 6.45) is 0.780. The zero-order valence-corrected chi connectivity index (χ0v) is 16.5.